The fourth-order valence-corrected chi connectivity index (χ4v) is 2.33. The molecule has 78 valence electrons. The van der Waals surface area contributed by atoms with Crippen molar-refractivity contribution in [3.05, 3.63) is 29.3 Å². The number of hydrogen-bond donors (Lipinski definition) is 1. The van der Waals surface area contributed by atoms with Crippen molar-refractivity contribution >= 4 is 11.6 Å². The molecule has 3 rings (SSSR count). The molecule has 1 aliphatic carbocycles. The highest BCUT2D eigenvalue weighted by Crippen LogP contribution is 2.38. The van der Waals surface area contributed by atoms with Gasteiger partial charge in [0.05, 0.1) is 12.2 Å². The Morgan fingerprint density at radius 3 is 3.00 bits per heavy atom. The van der Waals surface area contributed by atoms with Crippen LogP contribution in [-0.2, 0) is 22.4 Å². The highest BCUT2D eigenvalue weighted by molar-refractivity contribution is 5.89. The number of epoxide rings is 1. The second kappa shape index (κ2) is 3.07. The van der Waals surface area contributed by atoms with Gasteiger partial charge in [0.25, 0.3) is 0 Å². The zero-order valence-corrected chi connectivity index (χ0v) is 8.62. The van der Waals surface area contributed by atoms with Crippen LogP contribution in [0.1, 0.15) is 18.1 Å². The molecule has 2 aliphatic rings. The van der Waals surface area contributed by atoms with Gasteiger partial charge in [-0.2, -0.15) is 0 Å². The standard InChI is InChI=1S/C12H13NO2/c1-7(14)13-10-4-2-3-8-5-11-12(15-11)6-9(8)10/h2-4,11-12H,5-6H2,1H3,(H,13,14). The zero-order valence-electron chi connectivity index (χ0n) is 8.62. The molecular weight excluding hydrogens is 190 g/mol. The van der Waals surface area contributed by atoms with Crippen LogP contribution in [0.3, 0.4) is 0 Å². The van der Waals surface area contributed by atoms with E-state index in [1.807, 2.05) is 12.1 Å². The van der Waals surface area contributed by atoms with Gasteiger partial charge in [-0.15, -0.1) is 0 Å². The van der Waals surface area contributed by atoms with E-state index >= 15 is 0 Å². The molecule has 1 aliphatic heterocycles. The maximum atomic E-state index is 11.0. The molecule has 1 saturated heterocycles. The molecule has 0 saturated carbocycles. The molecular formula is C12H13NO2. The van der Waals surface area contributed by atoms with Gasteiger partial charge in [0, 0.05) is 25.5 Å². The van der Waals surface area contributed by atoms with Crippen molar-refractivity contribution in [1.82, 2.24) is 0 Å². The van der Waals surface area contributed by atoms with Gasteiger partial charge in [0.15, 0.2) is 0 Å². The molecule has 1 amide bonds. The predicted molar refractivity (Wildman–Crippen MR) is 56.8 cm³/mol. The van der Waals surface area contributed by atoms with Gasteiger partial charge in [-0.25, -0.2) is 0 Å². The Morgan fingerprint density at radius 1 is 1.40 bits per heavy atom. The lowest BCUT2D eigenvalue weighted by atomic mass is 9.90. The number of ether oxygens (including phenoxy) is 1. The molecule has 0 aromatic heterocycles. The molecule has 1 aromatic rings. The third-order valence-corrected chi connectivity index (χ3v) is 3.10. The molecule has 0 bridgehead atoms. The van der Waals surface area contributed by atoms with Gasteiger partial charge in [-0.3, -0.25) is 4.79 Å². The number of rotatable bonds is 1. The highest BCUT2D eigenvalue weighted by Gasteiger charge is 2.43. The molecule has 0 spiro atoms. The Morgan fingerprint density at radius 2 is 2.20 bits per heavy atom. The third kappa shape index (κ3) is 1.53. The van der Waals surface area contributed by atoms with Gasteiger partial charge in [0.2, 0.25) is 5.91 Å². The van der Waals surface area contributed by atoms with Gasteiger partial charge in [0.1, 0.15) is 0 Å². The zero-order chi connectivity index (χ0) is 10.4. The smallest absolute Gasteiger partial charge is 0.221 e. The van der Waals surface area contributed by atoms with E-state index in [1.54, 1.807) is 6.92 Å². The minimum Gasteiger partial charge on any atom is -0.369 e. The van der Waals surface area contributed by atoms with E-state index < -0.39 is 0 Å². The summed E-state index contributed by atoms with van der Waals surface area (Å²) in [5, 5.41) is 2.88. The van der Waals surface area contributed by atoms with E-state index in [1.165, 1.54) is 11.1 Å². The van der Waals surface area contributed by atoms with Crippen molar-refractivity contribution in [3.63, 3.8) is 0 Å². The van der Waals surface area contributed by atoms with Crippen LogP contribution in [0.4, 0.5) is 5.69 Å². The number of carbonyl (C=O) groups is 1. The summed E-state index contributed by atoms with van der Waals surface area (Å²) < 4.78 is 5.51. The number of fused-ring (bicyclic) bond motifs is 2. The summed E-state index contributed by atoms with van der Waals surface area (Å²) in [5.74, 6) is -0.0118. The minimum absolute atomic E-state index is 0.0118. The highest BCUT2D eigenvalue weighted by atomic mass is 16.6. The first-order chi connectivity index (χ1) is 7.24. The van der Waals surface area contributed by atoms with Crippen LogP contribution in [0.5, 0.6) is 0 Å². The van der Waals surface area contributed by atoms with Crippen LogP contribution in [-0.4, -0.2) is 18.1 Å². The summed E-state index contributed by atoms with van der Waals surface area (Å²) in [6.45, 7) is 1.54. The summed E-state index contributed by atoms with van der Waals surface area (Å²) in [7, 11) is 0. The van der Waals surface area contributed by atoms with Crippen LogP contribution in [0.25, 0.3) is 0 Å². The minimum atomic E-state index is -0.0118. The fourth-order valence-electron chi connectivity index (χ4n) is 2.33. The largest absolute Gasteiger partial charge is 0.369 e. The van der Waals surface area contributed by atoms with Crippen molar-refractivity contribution in [3.8, 4) is 0 Å². The fraction of sp³-hybridized carbons (Fsp3) is 0.417. The van der Waals surface area contributed by atoms with Gasteiger partial charge in [-0.1, -0.05) is 12.1 Å². The number of nitrogens with one attached hydrogen (secondary N) is 1. The van der Waals surface area contributed by atoms with Crippen LogP contribution in [0.15, 0.2) is 18.2 Å². The van der Waals surface area contributed by atoms with E-state index in [2.05, 4.69) is 11.4 Å². The van der Waals surface area contributed by atoms with Crippen molar-refractivity contribution in [2.24, 2.45) is 0 Å². The Balaban J connectivity index is 1.98. The molecule has 0 radical (unpaired) electrons. The maximum Gasteiger partial charge on any atom is 0.221 e. The predicted octanol–water partition coefficient (Wildman–Crippen LogP) is 1.51. The summed E-state index contributed by atoms with van der Waals surface area (Å²) in [6, 6.07) is 6.08. The summed E-state index contributed by atoms with van der Waals surface area (Å²) in [5.41, 5.74) is 3.53. The maximum absolute atomic E-state index is 11.0. The first-order valence-electron chi connectivity index (χ1n) is 5.28. The lowest BCUT2D eigenvalue weighted by Crippen LogP contribution is -2.16. The molecule has 1 N–H and O–H groups in total. The molecule has 2 atom stereocenters. The van der Waals surface area contributed by atoms with Crippen molar-refractivity contribution in [1.29, 1.82) is 0 Å². The van der Waals surface area contributed by atoms with E-state index in [0.717, 1.165) is 18.5 Å². The SMILES string of the molecule is CC(=O)Nc1cccc2c1CC1OC1C2. The van der Waals surface area contributed by atoms with Crippen LogP contribution in [0, 0.1) is 0 Å². The van der Waals surface area contributed by atoms with Gasteiger partial charge in [-0.05, 0) is 17.2 Å². The second-order valence-corrected chi connectivity index (χ2v) is 4.25. The number of hydrogen-bond acceptors (Lipinski definition) is 2. The van der Waals surface area contributed by atoms with E-state index in [9.17, 15) is 4.79 Å². The third-order valence-electron chi connectivity index (χ3n) is 3.10. The number of anilines is 1. The van der Waals surface area contributed by atoms with Gasteiger partial charge >= 0.3 is 0 Å². The van der Waals surface area contributed by atoms with Crippen LogP contribution in [0.2, 0.25) is 0 Å². The molecule has 1 heterocycles. The van der Waals surface area contributed by atoms with Crippen LogP contribution >= 0.6 is 0 Å². The molecule has 1 aromatic carbocycles. The Hall–Kier alpha value is -1.35. The average Bonchev–Trinajstić information content (AvgIpc) is 2.92. The van der Waals surface area contributed by atoms with Crippen molar-refractivity contribution in [2.75, 3.05) is 5.32 Å². The van der Waals surface area contributed by atoms with Gasteiger partial charge < -0.3 is 10.1 Å². The summed E-state index contributed by atoms with van der Waals surface area (Å²) >= 11 is 0. The first kappa shape index (κ1) is 8.92. The lowest BCUT2D eigenvalue weighted by Gasteiger charge is -2.16. The van der Waals surface area contributed by atoms with Crippen LogP contribution < -0.4 is 5.32 Å². The molecule has 2 unspecified atom stereocenters. The first-order valence-corrected chi connectivity index (χ1v) is 5.28. The quantitative estimate of drug-likeness (QED) is 0.703. The Bertz CT molecular complexity index is 428. The van der Waals surface area contributed by atoms with Crippen molar-refractivity contribution in [2.45, 2.75) is 32.0 Å². The molecule has 3 heteroatoms. The number of carbonyl (C=O) groups excluding carboxylic acids is 1. The van der Waals surface area contributed by atoms with E-state index in [0.29, 0.717) is 12.2 Å². The second-order valence-electron chi connectivity index (χ2n) is 4.25. The molecule has 1 fully saturated rings. The lowest BCUT2D eigenvalue weighted by molar-refractivity contribution is -0.114. The van der Waals surface area contributed by atoms with E-state index in [-0.39, 0.29) is 5.91 Å². The number of amides is 1. The average molecular weight is 203 g/mol. The summed E-state index contributed by atoms with van der Waals surface area (Å²) in [6.07, 6.45) is 2.77. The number of benzene rings is 1. The molecule has 15 heavy (non-hydrogen) atoms. The monoisotopic (exact) mass is 203 g/mol. The van der Waals surface area contributed by atoms with Crippen molar-refractivity contribution < 1.29 is 9.53 Å². The van der Waals surface area contributed by atoms with E-state index in [4.69, 9.17) is 4.74 Å². The topological polar surface area (TPSA) is 41.6 Å². The molecule has 3 nitrogen and oxygen atoms in total. The normalized spacial score (nSPS) is 26.5. The summed E-state index contributed by atoms with van der Waals surface area (Å²) in [4.78, 5) is 11.0. The Labute approximate surface area is 88.4 Å². The Kier molecular flexibility index (Phi) is 1.83.